The molecule has 3 aromatic rings. The fraction of sp³-hybridized carbons (Fsp3) is 0.409. The van der Waals surface area contributed by atoms with Crippen LogP contribution >= 0.6 is 11.6 Å². The van der Waals surface area contributed by atoms with Gasteiger partial charge >= 0.3 is 5.69 Å². The van der Waals surface area contributed by atoms with E-state index in [4.69, 9.17) is 16.1 Å². The minimum Gasteiger partial charge on any atom is -0.508 e. The van der Waals surface area contributed by atoms with Crippen molar-refractivity contribution in [2.24, 2.45) is 4.99 Å². The lowest BCUT2D eigenvalue weighted by atomic mass is 10.2. The number of aromatic nitrogens is 4. The number of hydrogen-bond donors (Lipinski definition) is 1. The van der Waals surface area contributed by atoms with Crippen LogP contribution in [0.25, 0.3) is 11.5 Å². The van der Waals surface area contributed by atoms with Gasteiger partial charge in [-0.3, -0.25) is 13.9 Å². The molecule has 9 nitrogen and oxygen atoms in total. The predicted octanol–water partition coefficient (Wildman–Crippen LogP) is 3.55. The minimum atomic E-state index is -0.662. The highest BCUT2D eigenvalue weighted by molar-refractivity contribution is 6.66. The third kappa shape index (κ3) is 4.75. The number of aryl methyl sites for hydroxylation is 1. The summed E-state index contributed by atoms with van der Waals surface area (Å²) in [7, 11) is 0. The zero-order valence-electron chi connectivity index (χ0n) is 18.1. The number of unbranched alkanes of at least 4 members (excludes halogenated alkanes) is 2. The fourth-order valence-corrected chi connectivity index (χ4v) is 3.95. The number of aliphatic imine (C=N–C) groups is 1. The normalized spacial score (nSPS) is 12.8. The van der Waals surface area contributed by atoms with Crippen LogP contribution in [0.5, 0.6) is 5.75 Å². The van der Waals surface area contributed by atoms with Crippen LogP contribution in [0.3, 0.4) is 0 Å². The van der Waals surface area contributed by atoms with Crippen molar-refractivity contribution in [3.63, 3.8) is 0 Å². The molecule has 0 unspecified atom stereocenters. The second-order valence-corrected chi connectivity index (χ2v) is 8.28. The van der Waals surface area contributed by atoms with E-state index in [9.17, 15) is 19.1 Å². The highest BCUT2D eigenvalue weighted by atomic mass is 35.5. The van der Waals surface area contributed by atoms with Crippen LogP contribution in [0.15, 0.2) is 37.3 Å². The van der Waals surface area contributed by atoms with Crippen LogP contribution in [0.2, 0.25) is 0 Å². The summed E-state index contributed by atoms with van der Waals surface area (Å²) in [6, 6.07) is 3.67. The first-order valence-corrected chi connectivity index (χ1v) is 11.2. The zero-order chi connectivity index (χ0) is 23.5. The molecule has 0 atom stereocenters. The monoisotopic (exact) mass is 475 g/mol. The lowest BCUT2D eigenvalue weighted by Gasteiger charge is -2.13. The van der Waals surface area contributed by atoms with Crippen molar-refractivity contribution in [3.05, 3.63) is 56.2 Å². The molecule has 2 aromatic heterocycles. The Morgan fingerprint density at radius 3 is 2.73 bits per heavy atom. The molecule has 0 bridgehead atoms. The number of benzene rings is 1. The Kier molecular flexibility index (Phi) is 6.73. The molecule has 0 radical (unpaired) electrons. The van der Waals surface area contributed by atoms with Gasteiger partial charge in [-0.15, -0.1) is 0 Å². The third-order valence-corrected chi connectivity index (χ3v) is 5.68. The molecule has 1 aliphatic rings. The first-order chi connectivity index (χ1) is 15.9. The zero-order valence-corrected chi connectivity index (χ0v) is 18.8. The number of phenolic OH excluding ortho intramolecular Hbond substituents is 1. The van der Waals surface area contributed by atoms with Gasteiger partial charge in [0.2, 0.25) is 0 Å². The summed E-state index contributed by atoms with van der Waals surface area (Å²) in [5.74, 6) is -0.0715. The molecule has 0 amide bonds. The molecular weight excluding hydrogens is 453 g/mol. The molecule has 0 spiro atoms. The van der Waals surface area contributed by atoms with E-state index >= 15 is 0 Å². The average molecular weight is 476 g/mol. The van der Waals surface area contributed by atoms with Gasteiger partial charge in [-0.05, 0) is 31.4 Å². The molecule has 4 rings (SSSR count). The fourth-order valence-electron chi connectivity index (χ4n) is 3.74. The highest BCUT2D eigenvalue weighted by Gasteiger charge is 2.24. The summed E-state index contributed by atoms with van der Waals surface area (Å²) >= 11 is 6.05. The summed E-state index contributed by atoms with van der Waals surface area (Å²) in [6.07, 6.45) is 3.49. The van der Waals surface area contributed by atoms with E-state index in [1.54, 1.807) is 0 Å². The Morgan fingerprint density at radius 1 is 1.18 bits per heavy atom. The molecule has 3 heterocycles. The second-order valence-electron chi connectivity index (χ2n) is 7.85. The second kappa shape index (κ2) is 9.70. The topological polar surface area (TPSA) is 116 Å². The van der Waals surface area contributed by atoms with Gasteiger partial charge < -0.3 is 9.63 Å². The predicted molar refractivity (Wildman–Crippen MR) is 121 cm³/mol. The van der Waals surface area contributed by atoms with E-state index in [0.29, 0.717) is 48.2 Å². The molecule has 0 fully saturated rings. The van der Waals surface area contributed by atoms with Crippen LogP contribution in [0, 0.1) is 5.82 Å². The quantitative estimate of drug-likeness (QED) is 0.473. The van der Waals surface area contributed by atoms with Crippen LogP contribution in [0.4, 0.5) is 10.2 Å². The van der Waals surface area contributed by atoms with E-state index in [-0.39, 0.29) is 41.4 Å². The summed E-state index contributed by atoms with van der Waals surface area (Å²) in [6.45, 7) is 2.74. The number of nitrogens with zero attached hydrogens (tertiary/aromatic N) is 5. The lowest BCUT2D eigenvalue weighted by molar-refractivity contribution is 0.417. The molecule has 0 saturated carbocycles. The third-order valence-electron chi connectivity index (χ3n) is 5.46. The smallest absolute Gasteiger partial charge is 0.332 e. The number of phenols is 1. The summed E-state index contributed by atoms with van der Waals surface area (Å²) < 4.78 is 21.9. The molecule has 33 heavy (non-hydrogen) atoms. The van der Waals surface area contributed by atoms with Crippen LogP contribution < -0.4 is 11.2 Å². The Labute approximate surface area is 193 Å². The first-order valence-electron chi connectivity index (χ1n) is 10.8. The van der Waals surface area contributed by atoms with E-state index in [1.807, 2.05) is 6.92 Å². The molecule has 0 aliphatic carbocycles. The van der Waals surface area contributed by atoms with Gasteiger partial charge in [0.05, 0.1) is 11.1 Å². The SMILES string of the molecule is CCCCn1c2c(c(=O)n(CCCCc3noc(-c4ccc(O)cc4F)n3)c1=O)CC(Cl)=N2. The maximum Gasteiger partial charge on any atom is 0.332 e. The number of halogens is 2. The summed E-state index contributed by atoms with van der Waals surface area (Å²) in [5, 5.41) is 13.5. The largest absolute Gasteiger partial charge is 0.508 e. The Morgan fingerprint density at radius 2 is 1.97 bits per heavy atom. The number of hydrogen-bond acceptors (Lipinski definition) is 7. The van der Waals surface area contributed by atoms with E-state index in [0.717, 1.165) is 18.9 Å². The van der Waals surface area contributed by atoms with Crippen LogP contribution in [-0.2, 0) is 25.9 Å². The summed E-state index contributed by atoms with van der Waals surface area (Å²) in [5.41, 5.74) is -0.182. The number of rotatable bonds is 9. The number of aromatic hydroxyl groups is 1. The molecule has 11 heteroatoms. The van der Waals surface area contributed by atoms with Gasteiger partial charge in [-0.1, -0.05) is 30.1 Å². The first kappa shape index (κ1) is 22.9. The minimum absolute atomic E-state index is 0.0213. The number of fused-ring (bicyclic) bond motifs is 1. The highest BCUT2D eigenvalue weighted by Crippen LogP contribution is 2.25. The van der Waals surface area contributed by atoms with E-state index < -0.39 is 5.82 Å². The standard InChI is InChI=1S/C22H23ClFN5O4/c1-2-3-9-28-19-15(12-17(23)25-19)21(31)29(22(28)32)10-5-4-6-18-26-20(33-27-18)14-8-7-13(30)11-16(14)24/h7-8,11,30H,2-6,9-10,12H2,1H3. The van der Waals surface area contributed by atoms with Crippen molar-refractivity contribution in [2.45, 2.75) is 58.5 Å². The van der Waals surface area contributed by atoms with Gasteiger partial charge in [0.1, 0.15) is 22.6 Å². The molecule has 1 aromatic carbocycles. The molecule has 1 aliphatic heterocycles. The maximum atomic E-state index is 14.0. The van der Waals surface area contributed by atoms with Crippen LogP contribution in [-0.4, -0.2) is 29.6 Å². The van der Waals surface area contributed by atoms with Crippen LogP contribution in [0.1, 0.15) is 44.0 Å². The van der Waals surface area contributed by atoms with Crippen molar-refractivity contribution in [1.82, 2.24) is 19.3 Å². The Hall–Kier alpha value is -3.27. The molecule has 0 saturated heterocycles. The molecule has 1 N–H and O–H groups in total. The van der Waals surface area contributed by atoms with Crippen molar-refractivity contribution in [3.8, 4) is 17.2 Å². The lowest BCUT2D eigenvalue weighted by Crippen LogP contribution is -2.41. The van der Waals surface area contributed by atoms with Gasteiger partial charge in [0.25, 0.3) is 11.4 Å². The Bertz CT molecular complexity index is 1330. The van der Waals surface area contributed by atoms with E-state index in [2.05, 4.69) is 15.1 Å². The van der Waals surface area contributed by atoms with Gasteiger partial charge in [-0.25, -0.2) is 14.2 Å². The molecular formula is C22H23ClFN5O4. The summed E-state index contributed by atoms with van der Waals surface area (Å²) in [4.78, 5) is 34.2. The van der Waals surface area contributed by atoms with Crippen molar-refractivity contribution < 1.29 is 14.0 Å². The van der Waals surface area contributed by atoms with Crippen molar-refractivity contribution in [2.75, 3.05) is 0 Å². The van der Waals surface area contributed by atoms with Crippen molar-refractivity contribution in [1.29, 1.82) is 0 Å². The molecule has 174 valence electrons. The van der Waals surface area contributed by atoms with Gasteiger partial charge in [0.15, 0.2) is 5.82 Å². The van der Waals surface area contributed by atoms with Gasteiger partial charge in [-0.2, -0.15) is 4.98 Å². The van der Waals surface area contributed by atoms with Crippen molar-refractivity contribution >= 4 is 22.6 Å². The van der Waals surface area contributed by atoms with Gasteiger partial charge in [0, 0.05) is 32.0 Å². The van der Waals surface area contributed by atoms with E-state index in [1.165, 1.54) is 21.3 Å². The Balaban J connectivity index is 1.44. The maximum absolute atomic E-state index is 14.0. The average Bonchev–Trinajstić information content (AvgIpc) is 3.40.